The molecule has 0 fully saturated rings. The molecule has 5 nitrogen and oxygen atoms in total. The van der Waals surface area contributed by atoms with E-state index in [9.17, 15) is 0 Å². The van der Waals surface area contributed by atoms with Crippen molar-refractivity contribution in [3.63, 3.8) is 0 Å². The van der Waals surface area contributed by atoms with E-state index in [0.29, 0.717) is 34.3 Å². The van der Waals surface area contributed by atoms with Crippen molar-refractivity contribution in [2.75, 3.05) is 0 Å². The summed E-state index contributed by atoms with van der Waals surface area (Å²) in [5.74, 6) is 0.497. The third-order valence-electron chi connectivity index (χ3n) is 12.1. The summed E-state index contributed by atoms with van der Waals surface area (Å²) < 4.78 is 49.2. The van der Waals surface area contributed by atoms with E-state index in [4.69, 9.17) is 19.9 Å². The summed E-state index contributed by atoms with van der Waals surface area (Å²) in [6.07, 6.45) is -4.76. The Morgan fingerprint density at radius 2 is 0.821 bits per heavy atom. The smallest absolute Gasteiger partial charge is 0.308 e. The maximum absolute atomic E-state index is 15.7. The highest BCUT2D eigenvalue weighted by Gasteiger charge is 2.35. The molecule has 3 heterocycles. The van der Waals surface area contributed by atoms with Gasteiger partial charge in [-0.3, -0.25) is 0 Å². The Morgan fingerprint density at radius 1 is 0.358 bits per heavy atom. The van der Waals surface area contributed by atoms with Gasteiger partial charge >= 0.3 is 6.18 Å². The highest BCUT2D eigenvalue weighted by molar-refractivity contribution is 6.11. The summed E-state index contributed by atoms with van der Waals surface area (Å²) >= 11 is 0. The van der Waals surface area contributed by atoms with Crippen LogP contribution in [0.2, 0.25) is 0 Å². The SMILES string of the molecule is Cc1cc(C)cc(-c2ccc3c(c2)c2ccccc2n3-c2c(-c3cc(-c4ccccc4)nc(-c4ccccc4)n3)cc(C(F)(F)F)cc2-c2nc(-c3ccccc3)cc(-c3ccccc3)n2)c1. The number of hydrogen-bond donors (Lipinski definition) is 0. The Labute approximate surface area is 385 Å². The Hall–Kier alpha value is -8.49. The van der Waals surface area contributed by atoms with E-state index in [2.05, 4.69) is 60.9 Å². The molecule has 0 unspecified atom stereocenters. The molecule has 0 saturated heterocycles. The van der Waals surface area contributed by atoms with Crippen molar-refractivity contribution >= 4 is 21.8 Å². The Morgan fingerprint density at radius 3 is 1.39 bits per heavy atom. The zero-order chi connectivity index (χ0) is 45.6. The van der Waals surface area contributed by atoms with Crippen LogP contribution in [0.3, 0.4) is 0 Å². The number of halogens is 3. The topological polar surface area (TPSA) is 56.5 Å². The number of rotatable bonds is 8. The van der Waals surface area contributed by atoms with Crippen LogP contribution in [0.4, 0.5) is 13.2 Å². The molecule has 0 N–H and O–H groups in total. The number of para-hydroxylation sites is 1. The highest BCUT2D eigenvalue weighted by atomic mass is 19.4. The Balaban J connectivity index is 1.30. The largest absolute Gasteiger partial charge is 0.416 e. The number of nitrogens with zero attached hydrogens (tertiary/aromatic N) is 5. The molecule has 0 radical (unpaired) electrons. The van der Waals surface area contributed by atoms with Gasteiger partial charge in [0.05, 0.1) is 45.1 Å². The fourth-order valence-electron chi connectivity index (χ4n) is 9.08. The standard InChI is InChI=1S/C59H40F3N5/c1-37-29-38(2)31-44(30-37)43-27-28-55-47(32-43)46-25-15-16-26-54(46)67(55)56-48(53-36-52(41-21-11-5-12-22-41)63-57(66-53)42-23-13-6-14-24-42)33-45(59(60,61)62)34-49(56)58-64-50(39-17-7-3-8-18-39)35-51(65-58)40-19-9-4-10-20-40/h3-36H,1-2H3. The van der Waals surface area contributed by atoms with E-state index in [1.54, 1.807) is 6.07 Å². The maximum atomic E-state index is 15.7. The van der Waals surface area contributed by atoms with Gasteiger partial charge in [-0.15, -0.1) is 0 Å². The number of aromatic nitrogens is 5. The normalized spacial score (nSPS) is 11.7. The zero-order valence-corrected chi connectivity index (χ0v) is 36.5. The lowest BCUT2D eigenvalue weighted by atomic mass is 9.96. The van der Waals surface area contributed by atoms with E-state index in [1.807, 2.05) is 146 Å². The molecule has 0 aliphatic heterocycles. The number of hydrogen-bond acceptors (Lipinski definition) is 4. The second-order valence-corrected chi connectivity index (χ2v) is 16.8. The van der Waals surface area contributed by atoms with E-state index in [-0.39, 0.29) is 17.0 Å². The second-order valence-electron chi connectivity index (χ2n) is 16.8. The van der Waals surface area contributed by atoms with Crippen LogP contribution in [-0.4, -0.2) is 24.5 Å². The molecule has 0 aliphatic rings. The molecule has 0 aliphatic carbocycles. The molecule has 322 valence electrons. The fourth-order valence-corrected chi connectivity index (χ4v) is 9.08. The van der Waals surface area contributed by atoms with Gasteiger partial charge < -0.3 is 4.57 Å². The third-order valence-corrected chi connectivity index (χ3v) is 12.1. The van der Waals surface area contributed by atoms with Crippen LogP contribution in [0.15, 0.2) is 206 Å². The van der Waals surface area contributed by atoms with E-state index in [1.165, 1.54) is 12.1 Å². The van der Waals surface area contributed by atoms with Crippen molar-refractivity contribution in [1.82, 2.24) is 24.5 Å². The van der Waals surface area contributed by atoms with Gasteiger partial charge in [0, 0.05) is 44.2 Å². The van der Waals surface area contributed by atoms with E-state index >= 15 is 13.2 Å². The molecule has 11 aromatic rings. The average Bonchev–Trinajstić information content (AvgIpc) is 3.69. The molecule has 0 saturated carbocycles. The van der Waals surface area contributed by atoms with Gasteiger partial charge in [0.25, 0.3) is 0 Å². The molecule has 0 atom stereocenters. The van der Waals surface area contributed by atoms with Crippen LogP contribution in [0.1, 0.15) is 16.7 Å². The first-order valence-corrected chi connectivity index (χ1v) is 22.0. The third kappa shape index (κ3) is 7.93. The number of fused-ring (bicyclic) bond motifs is 3. The Kier molecular flexibility index (Phi) is 10.3. The second kappa shape index (κ2) is 16.8. The summed E-state index contributed by atoms with van der Waals surface area (Å²) in [5, 5.41) is 1.87. The molecule has 0 bridgehead atoms. The molecular weight excluding hydrogens is 836 g/mol. The highest BCUT2D eigenvalue weighted by Crippen LogP contribution is 2.46. The van der Waals surface area contributed by atoms with Gasteiger partial charge in [-0.1, -0.05) is 175 Å². The fraction of sp³-hybridized carbons (Fsp3) is 0.0508. The number of alkyl halides is 3. The van der Waals surface area contributed by atoms with Gasteiger partial charge in [0.15, 0.2) is 11.6 Å². The molecule has 11 rings (SSSR count). The van der Waals surface area contributed by atoms with Gasteiger partial charge in [0.2, 0.25) is 0 Å². The van der Waals surface area contributed by atoms with Gasteiger partial charge in [-0.2, -0.15) is 13.2 Å². The van der Waals surface area contributed by atoms with Crippen molar-refractivity contribution in [3.8, 4) is 84.6 Å². The monoisotopic (exact) mass is 875 g/mol. The van der Waals surface area contributed by atoms with Crippen LogP contribution < -0.4 is 0 Å². The lowest BCUT2D eigenvalue weighted by Gasteiger charge is -2.22. The lowest BCUT2D eigenvalue weighted by molar-refractivity contribution is -0.137. The minimum atomic E-state index is -4.76. The van der Waals surface area contributed by atoms with Crippen LogP contribution >= 0.6 is 0 Å². The molecule has 67 heavy (non-hydrogen) atoms. The van der Waals surface area contributed by atoms with Crippen LogP contribution in [0.5, 0.6) is 0 Å². The summed E-state index contributed by atoms with van der Waals surface area (Å²) in [4.78, 5) is 20.5. The first kappa shape index (κ1) is 41.2. The van der Waals surface area contributed by atoms with Gasteiger partial charge in [-0.25, -0.2) is 19.9 Å². The summed E-state index contributed by atoms with van der Waals surface area (Å²) in [5.41, 5.74) is 11.1. The van der Waals surface area contributed by atoms with Crippen LogP contribution in [-0.2, 0) is 6.18 Å². The Bertz CT molecular complexity index is 3340. The first-order chi connectivity index (χ1) is 32.6. The summed E-state index contributed by atoms with van der Waals surface area (Å²) in [7, 11) is 0. The molecule has 8 heteroatoms. The lowest BCUT2D eigenvalue weighted by Crippen LogP contribution is -2.11. The van der Waals surface area contributed by atoms with Crippen molar-refractivity contribution in [2.45, 2.75) is 20.0 Å². The summed E-state index contributed by atoms with van der Waals surface area (Å²) in [6, 6.07) is 65.3. The molecule has 8 aromatic carbocycles. The van der Waals surface area contributed by atoms with Gasteiger partial charge in [-0.05, 0) is 67.4 Å². The predicted molar refractivity (Wildman–Crippen MR) is 264 cm³/mol. The van der Waals surface area contributed by atoms with E-state index in [0.717, 1.165) is 66.3 Å². The minimum Gasteiger partial charge on any atom is -0.308 e. The average molecular weight is 876 g/mol. The van der Waals surface area contributed by atoms with Crippen molar-refractivity contribution in [3.05, 3.63) is 223 Å². The molecule has 0 spiro atoms. The van der Waals surface area contributed by atoms with Gasteiger partial charge in [0.1, 0.15) is 0 Å². The molecule has 0 amide bonds. The van der Waals surface area contributed by atoms with Crippen molar-refractivity contribution in [1.29, 1.82) is 0 Å². The quantitative estimate of drug-likeness (QED) is 0.153. The van der Waals surface area contributed by atoms with Crippen molar-refractivity contribution in [2.24, 2.45) is 0 Å². The van der Waals surface area contributed by atoms with Crippen LogP contribution in [0, 0.1) is 13.8 Å². The number of aryl methyl sites for hydroxylation is 2. The minimum absolute atomic E-state index is 0.126. The predicted octanol–water partition coefficient (Wildman–Crippen LogP) is 15.7. The first-order valence-electron chi connectivity index (χ1n) is 22.0. The summed E-state index contributed by atoms with van der Waals surface area (Å²) in [6.45, 7) is 4.18. The molecule has 3 aromatic heterocycles. The van der Waals surface area contributed by atoms with Crippen LogP contribution in [0.25, 0.3) is 106 Å². The molecular formula is C59H40F3N5. The van der Waals surface area contributed by atoms with Crippen molar-refractivity contribution < 1.29 is 13.2 Å². The zero-order valence-electron chi connectivity index (χ0n) is 36.5. The maximum Gasteiger partial charge on any atom is 0.416 e. The van der Waals surface area contributed by atoms with E-state index < -0.39 is 11.7 Å². The number of benzene rings is 8.